The van der Waals surface area contributed by atoms with E-state index in [1.807, 2.05) is 16.8 Å². The van der Waals surface area contributed by atoms with Crippen LogP contribution in [0.2, 0.25) is 0 Å². The van der Waals surface area contributed by atoms with E-state index in [0.717, 1.165) is 60.4 Å². The highest BCUT2D eigenvalue weighted by Crippen LogP contribution is 2.33. The van der Waals surface area contributed by atoms with Gasteiger partial charge in [-0.25, -0.2) is 4.68 Å². The number of aryl methyl sites for hydroxylation is 3. The van der Waals surface area contributed by atoms with Gasteiger partial charge in [-0.3, -0.25) is 0 Å². The van der Waals surface area contributed by atoms with E-state index >= 15 is 0 Å². The number of piperidine rings is 1. The SMILES string of the molecule is Cc1ccc(-n2nc(C)c3sc(N4CCC(NCCOc5cccc(C)c5)CC4)nc32)cc1. The summed E-state index contributed by atoms with van der Waals surface area (Å²) in [5, 5.41) is 9.51. The molecular weight excluding hydrogens is 430 g/mol. The molecule has 0 spiro atoms. The number of thiazole rings is 1. The van der Waals surface area contributed by atoms with Crippen LogP contribution in [0.15, 0.2) is 48.5 Å². The fourth-order valence-corrected chi connectivity index (χ4v) is 5.37. The Balaban J connectivity index is 1.17. The summed E-state index contributed by atoms with van der Waals surface area (Å²) in [5.41, 5.74) is 5.54. The first-order valence-corrected chi connectivity index (χ1v) is 12.5. The molecule has 33 heavy (non-hydrogen) atoms. The van der Waals surface area contributed by atoms with Crippen molar-refractivity contribution in [3.63, 3.8) is 0 Å². The summed E-state index contributed by atoms with van der Waals surface area (Å²) >= 11 is 1.76. The fraction of sp³-hybridized carbons (Fsp3) is 0.385. The van der Waals surface area contributed by atoms with E-state index in [-0.39, 0.29) is 0 Å². The number of ether oxygens (including phenoxy) is 1. The van der Waals surface area contributed by atoms with Gasteiger partial charge in [0, 0.05) is 25.7 Å². The zero-order valence-corrected chi connectivity index (χ0v) is 20.4. The highest BCUT2D eigenvalue weighted by molar-refractivity contribution is 7.22. The summed E-state index contributed by atoms with van der Waals surface area (Å²) in [6.45, 7) is 9.85. The molecule has 0 amide bonds. The summed E-state index contributed by atoms with van der Waals surface area (Å²) in [6.07, 6.45) is 2.23. The lowest BCUT2D eigenvalue weighted by atomic mass is 10.1. The van der Waals surface area contributed by atoms with Crippen LogP contribution < -0.4 is 15.0 Å². The molecule has 1 saturated heterocycles. The molecule has 7 heteroatoms. The smallest absolute Gasteiger partial charge is 0.188 e. The van der Waals surface area contributed by atoms with E-state index in [9.17, 15) is 0 Å². The van der Waals surface area contributed by atoms with Gasteiger partial charge in [0.25, 0.3) is 0 Å². The van der Waals surface area contributed by atoms with Crippen LogP contribution in [-0.2, 0) is 0 Å². The molecule has 0 bridgehead atoms. The molecule has 0 radical (unpaired) electrons. The van der Waals surface area contributed by atoms with Gasteiger partial charge in [0.1, 0.15) is 12.4 Å². The monoisotopic (exact) mass is 461 g/mol. The molecular formula is C26H31N5OS. The Hall–Kier alpha value is -2.90. The van der Waals surface area contributed by atoms with Crippen molar-refractivity contribution >= 4 is 26.8 Å². The van der Waals surface area contributed by atoms with Gasteiger partial charge >= 0.3 is 0 Å². The van der Waals surface area contributed by atoms with Crippen molar-refractivity contribution in [2.24, 2.45) is 0 Å². The van der Waals surface area contributed by atoms with E-state index in [1.54, 1.807) is 11.3 Å². The third kappa shape index (κ3) is 4.89. The summed E-state index contributed by atoms with van der Waals surface area (Å²) in [7, 11) is 0. The van der Waals surface area contributed by atoms with E-state index in [2.05, 4.69) is 67.4 Å². The first-order valence-electron chi connectivity index (χ1n) is 11.7. The molecule has 4 aromatic rings. The second kappa shape index (κ2) is 9.53. The van der Waals surface area contributed by atoms with Gasteiger partial charge < -0.3 is 15.0 Å². The lowest BCUT2D eigenvalue weighted by Crippen LogP contribution is -2.43. The van der Waals surface area contributed by atoms with E-state index in [1.165, 1.54) is 15.8 Å². The summed E-state index contributed by atoms with van der Waals surface area (Å²) in [5.74, 6) is 0.946. The number of nitrogens with zero attached hydrogens (tertiary/aromatic N) is 4. The number of anilines is 1. The van der Waals surface area contributed by atoms with Crippen LogP contribution >= 0.6 is 11.3 Å². The first-order chi connectivity index (χ1) is 16.1. The van der Waals surface area contributed by atoms with Gasteiger partial charge in [-0.15, -0.1) is 0 Å². The Morgan fingerprint density at radius 2 is 1.82 bits per heavy atom. The van der Waals surface area contributed by atoms with Crippen molar-refractivity contribution < 1.29 is 4.74 Å². The standard InChI is InChI=1S/C26H31N5OS/c1-18-7-9-22(10-8-18)31-25-24(20(3)29-31)33-26(28-25)30-14-11-21(12-15-30)27-13-16-32-23-6-4-5-19(2)17-23/h4-10,17,21,27H,11-16H2,1-3H3. The molecule has 3 heterocycles. The summed E-state index contributed by atoms with van der Waals surface area (Å²) in [4.78, 5) is 7.42. The maximum atomic E-state index is 5.87. The van der Waals surface area contributed by atoms with Crippen molar-refractivity contribution in [3.8, 4) is 11.4 Å². The van der Waals surface area contributed by atoms with Crippen LogP contribution in [0.4, 0.5) is 5.13 Å². The third-order valence-corrected chi connectivity index (χ3v) is 7.43. The number of benzene rings is 2. The van der Waals surface area contributed by atoms with E-state index < -0.39 is 0 Å². The Morgan fingerprint density at radius 3 is 2.58 bits per heavy atom. The van der Waals surface area contributed by atoms with Gasteiger partial charge in [-0.05, 0) is 63.4 Å². The average molecular weight is 462 g/mol. The Kier molecular flexibility index (Phi) is 6.33. The molecule has 0 atom stereocenters. The number of nitrogens with one attached hydrogen (secondary N) is 1. The predicted molar refractivity (Wildman–Crippen MR) is 136 cm³/mol. The van der Waals surface area contributed by atoms with Crippen LogP contribution in [-0.4, -0.2) is 47.0 Å². The second-order valence-electron chi connectivity index (χ2n) is 8.86. The molecule has 1 aliphatic rings. The van der Waals surface area contributed by atoms with Gasteiger partial charge in [0.15, 0.2) is 10.8 Å². The number of rotatable bonds is 7. The molecule has 2 aromatic carbocycles. The average Bonchev–Trinajstić information content (AvgIpc) is 3.38. The van der Waals surface area contributed by atoms with Crippen molar-refractivity contribution in [2.75, 3.05) is 31.1 Å². The van der Waals surface area contributed by atoms with Crippen LogP contribution in [0.25, 0.3) is 16.0 Å². The molecule has 0 saturated carbocycles. The van der Waals surface area contributed by atoms with E-state index in [0.29, 0.717) is 12.6 Å². The predicted octanol–water partition coefficient (Wildman–Crippen LogP) is 5.04. The van der Waals surface area contributed by atoms with Crippen LogP contribution in [0, 0.1) is 20.8 Å². The summed E-state index contributed by atoms with van der Waals surface area (Å²) in [6, 6.07) is 17.2. The second-order valence-corrected chi connectivity index (χ2v) is 9.84. The Morgan fingerprint density at radius 1 is 1.03 bits per heavy atom. The number of fused-ring (bicyclic) bond motifs is 1. The van der Waals surface area contributed by atoms with Crippen molar-refractivity contribution in [1.82, 2.24) is 20.1 Å². The first kappa shape index (κ1) is 21.9. The number of hydrogen-bond acceptors (Lipinski definition) is 6. The fourth-order valence-electron chi connectivity index (χ4n) is 4.34. The van der Waals surface area contributed by atoms with Crippen molar-refractivity contribution in [1.29, 1.82) is 0 Å². The molecule has 1 fully saturated rings. The zero-order chi connectivity index (χ0) is 22.8. The molecule has 172 valence electrons. The van der Waals surface area contributed by atoms with Crippen molar-refractivity contribution in [2.45, 2.75) is 39.7 Å². The zero-order valence-electron chi connectivity index (χ0n) is 19.5. The minimum atomic E-state index is 0.529. The third-order valence-electron chi connectivity index (χ3n) is 6.21. The maximum absolute atomic E-state index is 5.87. The minimum absolute atomic E-state index is 0.529. The molecule has 1 N–H and O–H groups in total. The number of aromatic nitrogens is 3. The Bertz CT molecular complexity index is 1220. The van der Waals surface area contributed by atoms with Gasteiger partial charge in [-0.1, -0.05) is 41.2 Å². The molecule has 2 aromatic heterocycles. The largest absolute Gasteiger partial charge is 0.492 e. The van der Waals surface area contributed by atoms with Crippen LogP contribution in [0.5, 0.6) is 5.75 Å². The molecule has 0 unspecified atom stereocenters. The molecule has 1 aliphatic heterocycles. The minimum Gasteiger partial charge on any atom is -0.492 e. The lowest BCUT2D eigenvalue weighted by Gasteiger charge is -2.32. The highest BCUT2D eigenvalue weighted by Gasteiger charge is 2.23. The van der Waals surface area contributed by atoms with Crippen LogP contribution in [0.3, 0.4) is 0 Å². The topological polar surface area (TPSA) is 55.2 Å². The Labute approximate surface area is 199 Å². The summed E-state index contributed by atoms with van der Waals surface area (Å²) < 4.78 is 9.03. The highest BCUT2D eigenvalue weighted by atomic mass is 32.1. The van der Waals surface area contributed by atoms with Crippen LogP contribution in [0.1, 0.15) is 29.7 Å². The molecule has 0 aliphatic carbocycles. The molecule has 5 rings (SSSR count). The van der Waals surface area contributed by atoms with Gasteiger partial charge in [0.2, 0.25) is 0 Å². The van der Waals surface area contributed by atoms with Crippen molar-refractivity contribution in [3.05, 3.63) is 65.4 Å². The van der Waals surface area contributed by atoms with Gasteiger partial charge in [-0.2, -0.15) is 10.1 Å². The molecule has 6 nitrogen and oxygen atoms in total. The van der Waals surface area contributed by atoms with E-state index in [4.69, 9.17) is 14.8 Å². The lowest BCUT2D eigenvalue weighted by molar-refractivity contribution is 0.296. The number of hydrogen-bond donors (Lipinski definition) is 1. The normalized spacial score (nSPS) is 14.8. The maximum Gasteiger partial charge on any atom is 0.188 e. The van der Waals surface area contributed by atoms with Gasteiger partial charge in [0.05, 0.1) is 16.1 Å². The quantitative estimate of drug-likeness (QED) is 0.391.